The largest absolute Gasteiger partial charge is 0.617 e. The number of Topliss-reactive ketones (excluding diaryl/α,β-unsaturated/α-hetero) is 1. The van der Waals surface area contributed by atoms with Crippen LogP contribution in [0, 0.1) is 63.9 Å². The molecule has 3 aliphatic heterocycles. The standard InChI is InChI=1S/C51H78N9O16S.Gd/c1-5-35(2)39(50(71)53-10-12-60-44(64)25-36(3)51(60)72)27-41(61)40(9-24-77-4)55-49(70)38-8-6-7-37(26-38)28-54-43(63)34-75-23-22-74-21-20-73-19-11-52-42(62)29-58-16-15-56(31-46(65)66)13-14-57(32-47(67)68)17-18-59-33-48(69)76-45(59)30-58;/h6-8,26,35-36,39-40H,5,9-25,27-34H2,1-4H3,(H,52,62)(H,53,71)(H,54,63)(H,55,70)(H,65,66)(H,67,68);/q-1;/t35-,36?,39-,40-;/m0./s1. The van der Waals surface area contributed by atoms with Gasteiger partial charge in [-0.25, -0.2) is 0 Å². The topological polar surface area (TPSA) is 312 Å². The van der Waals surface area contributed by atoms with Gasteiger partial charge in [0.15, 0.2) is 5.78 Å². The summed E-state index contributed by atoms with van der Waals surface area (Å²) >= 11 is 1.52. The van der Waals surface area contributed by atoms with Crippen LogP contribution in [0.15, 0.2) is 24.3 Å². The number of ketones is 1. The molecule has 27 heteroatoms. The number of likely N-dealkylation sites (tertiary alicyclic amines) is 1. The van der Waals surface area contributed by atoms with Crippen LogP contribution in [-0.2, 0) is 68.6 Å². The molecule has 0 spiro atoms. The van der Waals surface area contributed by atoms with Gasteiger partial charge in [0.2, 0.25) is 29.5 Å². The summed E-state index contributed by atoms with van der Waals surface area (Å²) in [7, 11) is 0. The van der Waals surface area contributed by atoms with E-state index < -0.39 is 41.7 Å². The molecule has 1 aromatic carbocycles. The number of ether oxygens (including phenoxy) is 4. The van der Waals surface area contributed by atoms with E-state index in [1.54, 1.807) is 50.8 Å². The molecule has 25 nitrogen and oxygen atoms in total. The minimum absolute atomic E-state index is 0. The zero-order chi connectivity index (χ0) is 56.3. The normalized spacial score (nSPS) is 18.3. The van der Waals surface area contributed by atoms with E-state index in [4.69, 9.17) is 18.9 Å². The SMILES string of the molecule is CC[C@H](C)[C@H](CC(=O)[C@H](CCSC)NC(=O)c1cccc(CNC(=O)COCCOCCOCCNC(=O)CN2CCN(CC(=O)O)CCN(CC(=O)O)CCN3CC(=O)O[C-]3C2)c1)C(=O)NCCN1C(=O)CC(C)C1=O.[Gd]. The summed E-state index contributed by atoms with van der Waals surface area (Å²) in [4.78, 5) is 134. The molecule has 0 aliphatic carbocycles. The average molecular weight is 1260 g/mol. The van der Waals surface area contributed by atoms with Crippen LogP contribution in [0.4, 0.5) is 0 Å². The van der Waals surface area contributed by atoms with Crippen molar-refractivity contribution in [2.75, 3.05) is 143 Å². The molecule has 3 fully saturated rings. The summed E-state index contributed by atoms with van der Waals surface area (Å²) < 4.78 is 22.0. The van der Waals surface area contributed by atoms with Gasteiger partial charge in [0.25, 0.3) is 11.9 Å². The smallest absolute Gasteiger partial charge is 0.317 e. The van der Waals surface area contributed by atoms with Crippen molar-refractivity contribution in [1.29, 1.82) is 0 Å². The summed E-state index contributed by atoms with van der Waals surface area (Å²) in [6.07, 6.45) is 3.24. The van der Waals surface area contributed by atoms with E-state index in [1.807, 2.05) is 20.1 Å². The van der Waals surface area contributed by atoms with Crippen molar-refractivity contribution < 1.29 is 117 Å². The third kappa shape index (κ3) is 25.0. The number of carboxylic acid groups (broad SMARTS) is 2. The fourth-order valence-corrected chi connectivity index (χ4v) is 9.13. The second-order valence-corrected chi connectivity index (χ2v) is 20.2. The second-order valence-electron chi connectivity index (χ2n) is 19.2. The van der Waals surface area contributed by atoms with E-state index in [2.05, 4.69) is 21.3 Å². The van der Waals surface area contributed by atoms with Crippen LogP contribution in [0.25, 0.3) is 0 Å². The number of amides is 6. The molecule has 438 valence electrons. The Bertz CT molecular complexity index is 2160. The maximum Gasteiger partial charge on any atom is 0.317 e. The fourth-order valence-electron chi connectivity index (χ4n) is 8.66. The molecule has 78 heavy (non-hydrogen) atoms. The number of carboxylic acids is 2. The maximum atomic E-state index is 13.8. The average Bonchev–Trinajstić information content (AvgIpc) is 3.86. The molecule has 4 atom stereocenters. The van der Waals surface area contributed by atoms with Crippen LogP contribution >= 0.6 is 11.8 Å². The van der Waals surface area contributed by atoms with Gasteiger partial charge in [0.05, 0.1) is 65.3 Å². The van der Waals surface area contributed by atoms with Gasteiger partial charge in [-0.1, -0.05) is 52.1 Å². The molecule has 0 radical (unpaired) electrons. The third-order valence-electron chi connectivity index (χ3n) is 13.2. The molecule has 6 amide bonds. The monoisotopic (exact) mass is 1260 g/mol. The first-order valence-corrected chi connectivity index (χ1v) is 27.5. The van der Waals surface area contributed by atoms with Gasteiger partial charge in [-0.3, -0.25) is 62.6 Å². The summed E-state index contributed by atoms with van der Waals surface area (Å²) in [5.41, 5.74) is 0.925. The number of aliphatic carboxylic acids is 2. The van der Waals surface area contributed by atoms with Crippen LogP contribution < -0.4 is 21.3 Å². The van der Waals surface area contributed by atoms with Crippen molar-refractivity contribution in [3.8, 4) is 0 Å². The Morgan fingerprint density at radius 3 is 2.09 bits per heavy atom. The Morgan fingerprint density at radius 2 is 1.46 bits per heavy atom. The number of fused-ring (bicyclic) bond motifs is 1. The maximum absolute atomic E-state index is 13.8. The minimum Gasteiger partial charge on any atom is -0.617 e. The molecule has 1 unspecified atom stereocenters. The molecule has 3 aliphatic rings. The van der Waals surface area contributed by atoms with Crippen molar-refractivity contribution in [2.24, 2.45) is 17.8 Å². The van der Waals surface area contributed by atoms with E-state index >= 15 is 0 Å². The molecule has 4 rings (SSSR count). The molecular formula is C51H78GdN9O16S-. The second kappa shape index (κ2) is 36.9. The number of imide groups is 1. The zero-order valence-electron chi connectivity index (χ0n) is 45.1. The number of thioether (sulfide) groups is 1. The molecule has 0 bridgehead atoms. The van der Waals surface area contributed by atoms with Crippen LogP contribution in [-0.4, -0.2) is 243 Å². The Labute approximate surface area is 492 Å². The van der Waals surface area contributed by atoms with Gasteiger partial charge in [-0.2, -0.15) is 11.8 Å². The fraction of sp³-hybridized carbons (Fsp3) is 0.667. The number of hydrogen-bond acceptors (Lipinski definition) is 19. The van der Waals surface area contributed by atoms with Crippen molar-refractivity contribution in [3.63, 3.8) is 0 Å². The van der Waals surface area contributed by atoms with Gasteiger partial charge < -0.3 is 60.2 Å². The quantitative estimate of drug-likeness (QED) is 0.0210. The van der Waals surface area contributed by atoms with Crippen molar-refractivity contribution in [1.82, 2.24) is 45.8 Å². The van der Waals surface area contributed by atoms with Crippen molar-refractivity contribution >= 4 is 70.9 Å². The predicted molar refractivity (Wildman–Crippen MR) is 280 cm³/mol. The Hall–Kier alpha value is -4.29. The van der Waals surface area contributed by atoms with Gasteiger partial charge in [0.1, 0.15) is 6.61 Å². The number of esters is 1. The van der Waals surface area contributed by atoms with Gasteiger partial charge >= 0.3 is 11.9 Å². The number of carbonyl (C=O) groups is 10. The first-order valence-electron chi connectivity index (χ1n) is 26.1. The van der Waals surface area contributed by atoms with E-state index in [9.17, 15) is 58.2 Å². The van der Waals surface area contributed by atoms with E-state index in [-0.39, 0.29) is 211 Å². The number of nitrogens with zero attached hydrogens (tertiary/aromatic N) is 5. The number of rotatable bonds is 33. The molecule has 6 N–H and O–H groups in total. The van der Waals surface area contributed by atoms with Crippen molar-refractivity contribution in [2.45, 2.75) is 59.0 Å². The van der Waals surface area contributed by atoms with Crippen LogP contribution in [0.5, 0.6) is 0 Å². The number of carbonyl (C=O) groups excluding carboxylic acids is 8. The minimum atomic E-state index is -1.04. The van der Waals surface area contributed by atoms with Gasteiger partial charge in [0, 0.05) is 129 Å². The van der Waals surface area contributed by atoms with Gasteiger partial charge in [-0.05, 0) is 48.6 Å². The van der Waals surface area contributed by atoms with Crippen LogP contribution in [0.1, 0.15) is 62.4 Å². The summed E-state index contributed by atoms with van der Waals surface area (Å²) in [5.74, 6) is -5.54. The molecule has 1 aromatic rings. The zero-order valence-corrected chi connectivity index (χ0v) is 48.2. The number of nitrogens with one attached hydrogen (secondary N) is 4. The van der Waals surface area contributed by atoms with Gasteiger partial charge in [-0.15, -0.1) is 0 Å². The van der Waals surface area contributed by atoms with Crippen LogP contribution in [0.3, 0.4) is 0 Å². The number of benzene rings is 1. The first kappa shape index (κ1) is 68.0. The third-order valence-corrected chi connectivity index (χ3v) is 13.9. The van der Waals surface area contributed by atoms with Crippen molar-refractivity contribution in [3.05, 3.63) is 41.6 Å². The van der Waals surface area contributed by atoms with Crippen LogP contribution in [0.2, 0.25) is 0 Å². The molecule has 3 heterocycles. The molecule has 3 saturated heterocycles. The van der Waals surface area contributed by atoms with E-state index in [1.165, 1.54) is 11.8 Å². The molecule has 0 aromatic heterocycles. The molecule has 0 saturated carbocycles. The first-order chi connectivity index (χ1) is 36.9. The van der Waals surface area contributed by atoms with E-state index in [0.717, 1.165) is 4.90 Å². The Morgan fingerprint density at radius 1 is 0.821 bits per heavy atom. The summed E-state index contributed by atoms with van der Waals surface area (Å²) in [6, 6.07) is 5.78. The summed E-state index contributed by atoms with van der Waals surface area (Å²) in [5, 5.41) is 30.1. The number of hydrogen-bond donors (Lipinski definition) is 6. The van der Waals surface area contributed by atoms with E-state index in [0.29, 0.717) is 56.6 Å². The Kier molecular flexibility index (Phi) is 32.1. The summed E-state index contributed by atoms with van der Waals surface area (Å²) in [6.45, 7) is 7.91. The Balaban J connectivity index is 0.0000160. The molecular weight excluding hydrogens is 1180 g/mol. The predicted octanol–water partition coefficient (Wildman–Crippen LogP) is -1.11.